The van der Waals surface area contributed by atoms with Crippen molar-refractivity contribution in [1.82, 2.24) is 0 Å². The first-order valence-corrected chi connectivity index (χ1v) is 8.99. The molecule has 3 rings (SSSR count). The average Bonchev–Trinajstić information content (AvgIpc) is 2.42. The Kier molecular flexibility index (Phi) is 3.95. The molecule has 0 saturated carbocycles. The molecule has 0 aliphatic carbocycles. The average molecular weight is 359 g/mol. The van der Waals surface area contributed by atoms with Crippen LogP contribution >= 0.6 is 15.9 Å². The van der Waals surface area contributed by atoms with E-state index in [1.165, 1.54) is 0 Å². The number of alkyl halides is 1. The second-order valence-electron chi connectivity index (χ2n) is 7.71. The fraction of sp³-hybridized carbons (Fsp3) is 0.882. The van der Waals surface area contributed by atoms with Crippen LogP contribution in [-0.2, 0) is 14.2 Å². The molecule has 0 amide bonds. The first-order valence-electron chi connectivity index (χ1n) is 8.08. The third kappa shape index (κ3) is 2.79. The molecule has 0 aromatic heterocycles. The van der Waals surface area contributed by atoms with Crippen LogP contribution in [-0.4, -0.2) is 33.8 Å². The van der Waals surface area contributed by atoms with Gasteiger partial charge in [-0.2, -0.15) is 0 Å². The fourth-order valence-corrected chi connectivity index (χ4v) is 4.29. The Morgan fingerprint density at radius 2 is 1.71 bits per heavy atom. The van der Waals surface area contributed by atoms with Crippen molar-refractivity contribution in [1.29, 1.82) is 0 Å². The van der Waals surface area contributed by atoms with E-state index in [4.69, 9.17) is 14.2 Å². The van der Waals surface area contributed by atoms with Gasteiger partial charge in [0.05, 0.1) is 23.6 Å². The molecule has 3 heterocycles. The predicted octanol–water partition coefficient (Wildman–Crippen LogP) is 4.34. The van der Waals surface area contributed by atoms with Gasteiger partial charge in [-0.25, -0.2) is 0 Å². The summed E-state index contributed by atoms with van der Waals surface area (Å²) in [5, 5.41) is 0. The Morgan fingerprint density at radius 3 is 2.43 bits per heavy atom. The Labute approximate surface area is 136 Å². The Balaban J connectivity index is 1.74. The molecule has 0 aromatic carbocycles. The fourth-order valence-electron chi connectivity index (χ4n) is 3.96. The largest absolute Gasteiger partial charge is 0.493 e. The summed E-state index contributed by atoms with van der Waals surface area (Å²) in [6, 6.07) is 0. The minimum atomic E-state index is -0.198. The highest BCUT2D eigenvalue weighted by molar-refractivity contribution is 9.09. The second-order valence-corrected chi connectivity index (χ2v) is 8.82. The number of ether oxygens (including phenoxy) is 3. The van der Waals surface area contributed by atoms with Crippen LogP contribution in [0.4, 0.5) is 0 Å². The number of halogens is 1. The molecule has 21 heavy (non-hydrogen) atoms. The zero-order valence-corrected chi connectivity index (χ0v) is 15.1. The van der Waals surface area contributed by atoms with Crippen LogP contribution in [0.3, 0.4) is 0 Å². The van der Waals surface area contributed by atoms with Gasteiger partial charge in [-0.15, -0.1) is 0 Å². The lowest BCUT2D eigenvalue weighted by molar-refractivity contribution is -0.263. The van der Waals surface area contributed by atoms with Crippen molar-refractivity contribution in [3.05, 3.63) is 12.3 Å². The van der Waals surface area contributed by atoms with Gasteiger partial charge < -0.3 is 14.2 Å². The summed E-state index contributed by atoms with van der Waals surface area (Å²) in [6.45, 7) is 8.73. The second kappa shape index (κ2) is 5.24. The third-order valence-corrected chi connectivity index (χ3v) is 7.08. The minimum Gasteiger partial charge on any atom is -0.493 e. The SMILES string of the molecule is CC1(C)OC(C)(C2CCC3(C)OC=CCC3O2)CCC1Br. The quantitative estimate of drug-likeness (QED) is 0.652. The van der Waals surface area contributed by atoms with Crippen LogP contribution in [0.25, 0.3) is 0 Å². The molecule has 0 radical (unpaired) electrons. The molecule has 2 saturated heterocycles. The first-order chi connectivity index (χ1) is 9.75. The van der Waals surface area contributed by atoms with E-state index in [0.717, 1.165) is 32.1 Å². The summed E-state index contributed by atoms with van der Waals surface area (Å²) in [7, 11) is 0. The van der Waals surface area contributed by atoms with Crippen molar-refractivity contribution in [3.8, 4) is 0 Å². The summed E-state index contributed by atoms with van der Waals surface area (Å²) >= 11 is 3.75. The summed E-state index contributed by atoms with van der Waals surface area (Å²) < 4.78 is 18.8. The number of hydrogen-bond donors (Lipinski definition) is 0. The Morgan fingerprint density at radius 1 is 1.00 bits per heavy atom. The zero-order chi connectivity index (χ0) is 15.3. The van der Waals surface area contributed by atoms with Gasteiger partial charge in [0, 0.05) is 4.83 Å². The van der Waals surface area contributed by atoms with E-state index >= 15 is 0 Å². The van der Waals surface area contributed by atoms with Gasteiger partial charge in [-0.3, -0.25) is 0 Å². The lowest BCUT2D eigenvalue weighted by Crippen LogP contribution is -2.60. The van der Waals surface area contributed by atoms with Crippen molar-refractivity contribution < 1.29 is 14.2 Å². The maximum absolute atomic E-state index is 6.49. The molecule has 120 valence electrons. The Hall–Kier alpha value is -0.0600. The van der Waals surface area contributed by atoms with E-state index in [2.05, 4.69) is 49.7 Å². The maximum Gasteiger partial charge on any atom is 0.132 e. The van der Waals surface area contributed by atoms with E-state index in [9.17, 15) is 0 Å². The number of fused-ring (bicyclic) bond motifs is 1. The maximum atomic E-state index is 6.49. The molecular weight excluding hydrogens is 332 g/mol. The topological polar surface area (TPSA) is 27.7 Å². The van der Waals surface area contributed by atoms with E-state index in [-0.39, 0.29) is 29.0 Å². The monoisotopic (exact) mass is 358 g/mol. The van der Waals surface area contributed by atoms with Gasteiger partial charge in [-0.1, -0.05) is 15.9 Å². The normalized spacial score (nSPS) is 49.3. The Bertz CT molecular complexity index is 436. The van der Waals surface area contributed by atoms with Gasteiger partial charge >= 0.3 is 0 Å². The van der Waals surface area contributed by atoms with Crippen molar-refractivity contribution in [2.45, 2.75) is 93.6 Å². The molecule has 3 nitrogen and oxygen atoms in total. The summed E-state index contributed by atoms with van der Waals surface area (Å²) in [4.78, 5) is 0.410. The van der Waals surface area contributed by atoms with E-state index in [1.54, 1.807) is 0 Å². The van der Waals surface area contributed by atoms with E-state index in [0.29, 0.717) is 4.83 Å². The highest BCUT2D eigenvalue weighted by Crippen LogP contribution is 2.46. The van der Waals surface area contributed by atoms with Crippen LogP contribution in [0.2, 0.25) is 0 Å². The standard InChI is InChI=1S/C17H27BrO3/c1-15(2)12(18)7-9-17(4,21-15)14-8-10-16(3)13(20-14)6-5-11-19-16/h5,11-14H,6-10H2,1-4H3. The van der Waals surface area contributed by atoms with Crippen molar-refractivity contribution in [2.75, 3.05) is 0 Å². The molecule has 3 aliphatic heterocycles. The van der Waals surface area contributed by atoms with E-state index in [1.807, 2.05) is 6.26 Å². The lowest BCUT2D eigenvalue weighted by Gasteiger charge is -2.54. The molecule has 4 heteroatoms. The zero-order valence-electron chi connectivity index (χ0n) is 13.5. The lowest BCUT2D eigenvalue weighted by atomic mass is 9.78. The van der Waals surface area contributed by atoms with Crippen LogP contribution in [0.5, 0.6) is 0 Å². The van der Waals surface area contributed by atoms with Gasteiger partial charge in [0.15, 0.2) is 0 Å². The molecule has 0 aromatic rings. The van der Waals surface area contributed by atoms with Crippen LogP contribution in [0.15, 0.2) is 12.3 Å². The minimum absolute atomic E-state index is 0.145. The summed E-state index contributed by atoms with van der Waals surface area (Å²) in [5.74, 6) is 0. The highest BCUT2D eigenvalue weighted by Gasteiger charge is 2.52. The number of rotatable bonds is 1. The molecule has 2 fully saturated rings. The molecular formula is C17H27BrO3. The van der Waals surface area contributed by atoms with Crippen LogP contribution in [0, 0.1) is 0 Å². The van der Waals surface area contributed by atoms with E-state index < -0.39 is 0 Å². The van der Waals surface area contributed by atoms with Crippen LogP contribution < -0.4 is 0 Å². The first kappa shape index (κ1) is 15.8. The summed E-state index contributed by atoms with van der Waals surface area (Å²) in [6.07, 6.45) is 9.34. The van der Waals surface area contributed by atoms with Crippen molar-refractivity contribution in [3.63, 3.8) is 0 Å². The number of hydrogen-bond acceptors (Lipinski definition) is 3. The van der Waals surface area contributed by atoms with Crippen LogP contribution in [0.1, 0.15) is 59.8 Å². The predicted molar refractivity (Wildman–Crippen MR) is 86.7 cm³/mol. The molecule has 5 atom stereocenters. The van der Waals surface area contributed by atoms with Gasteiger partial charge in [0.1, 0.15) is 11.7 Å². The molecule has 0 N–H and O–H groups in total. The van der Waals surface area contributed by atoms with Crippen molar-refractivity contribution in [2.24, 2.45) is 0 Å². The summed E-state index contributed by atoms with van der Waals surface area (Å²) in [5.41, 5.74) is -0.514. The smallest absolute Gasteiger partial charge is 0.132 e. The van der Waals surface area contributed by atoms with Gasteiger partial charge in [0.25, 0.3) is 0 Å². The highest BCUT2D eigenvalue weighted by atomic mass is 79.9. The van der Waals surface area contributed by atoms with Gasteiger partial charge in [-0.05, 0) is 65.9 Å². The van der Waals surface area contributed by atoms with Crippen molar-refractivity contribution >= 4 is 15.9 Å². The van der Waals surface area contributed by atoms with Gasteiger partial charge in [0.2, 0.25) is 0 Å². The third-order valence-electron chi connectivity index (χ3n) is 5.52. The molecule has 0 bridgehead atoms. The molecule has 0 spiro atoms. The molecule has 5 unspecified atom stereocenters. The molecule has 3 aliphatic rings.